The second-order valence-corrected chi connectivity index (χ2v) is 8.29. The van der Waals surface area contributed by atoms with Gasteiger partial charge >= 0.3 is 5.97 Å². The van der Waals surface area contributed by atoms with Crippen LogP contribution in [0.1, 0.15) is 28.4 Å². The molecule has 1 atom stereocenters. The third kappa shape index (κ3) is 4.31. The Morgan fingerprint density at radius 3 is 2.14 bits per heavy atom. The first-order valence-electron chi connectivity index (χ1n) is 8.84. The van der Waals surface area contributed by atoms with Gasteiger partial charge in [-0.15, -0.1) is 0 Å². The Labute approximate surface area is 169 Å². The van der Waals surface area contributed by atoms with Gasteiger partial charge in [-0.25, -0.2) is 13.2 Å². The lowest BCUT2D eigenvalue weighted by Gasteiger charge is -2.27. The second kappa shape index (κ2) is 8.06. The molecule has 3 aromatic carbocycles. The Morgan fingerprint density at radius 2 is 1.52 bits per heavy atom. The van der Waals surface area contributed by atoms with Crippen molar-refractivity contribution in [2.45, 2.75) is 17.4 Å². The molecule has 0 fully saturated rings. The monoisotopic (exact) mass is 411 g/mol. The van der Waals surface area contributed by atoms with Crippen LogP contribution in [0.5, 0.6) is 0 Å². The van der Waals surface area contributed by atoms with Crippen molar-refractivity contribution in [2.75, 3.05) is 11.8 Å². The number of hydrogen-bond donors (Lipinski definition) is 2. The molecular formula is C22H21NO5S. The van der Waals surface area contributed by atoms with Crippen molar-refractivity contribution in [3.8, 4) is 0 Å². The molecule has 0 radical (unpaired) electrons. The number of anilines is 1. The molecule has 0 saturated carbocycles. The highest BCUT2D eigenvalue weighted by atomic mass is 32.2. The number of carbonyl (C=O) groups excluding carboxylic acids is 1. The molecule has 0 aliphatic heterocycles. The van der Waals surface area contributed by atoms with E-state index in [4.69, 9.17) is 0 Å². The highest BCUT2D eigenvalue weighted by Crippen LogP contribution is 2.34. The molecule has 3 aromatic rings. The topological polar surface area (TPSA) is 92.7 Å². The number of hydrogen-bond acceptors (Lipinski definition) is 5. The van der Waals surface area contributed by atoms with Gasteiger partial charge < -0.3 is 9.84 Å². The first-order valence-corrected chi connectivity index (χ1v) is 10.3. The Morgan fingerprint density at radius 1 is 0.931 bits per heavy atom. The summed E-state index contributed by atoms with van der Waals surface area (Å²) in [7, 11) is -2.69. The van der Waals surface area contributed by atoms with Crippen LogP contribution in [0, 0.1) is 0 Å². The van der Waals surface area contributed by atoms with Gasteiger partial charge in [-0.1, -0.05) is 48.5 Å². The molecule has 0 aliphatic rings. The van der Waals surface area contributed by atoms with Crippen LogP contribution in [-0.2, 0) is 20.4 Å². The standard InChI is InChI=1S/C22H21NO5S/c1-22(25,17-8-4-3-5-9-17)19-10-6-7-11-20(19)23-29(26,27)18-14-12-16(13-15-18)21(24)28-2/h3-15,23,25H,1-2H3. The molecule has 1 unspecified atom stereocenters. The minimum absolute atomic E-state index is 0.0145. The molecule has 7 heteroatoms. The quantitative estimate of drug-likeness (QED) is 0.606. The molecule has 0 saturated heterocycles. The minimum atomic E-state index is -3.94. The zero-order chi connectivity index (χ0) is 21.1. The fourth-order valence-electron chi connectivity index (χ4n) is 3.01. The molecule has 0 spiro atoms. The van der Waals surface area contributed by atoms with E-state index in [1.807, 2.05) is 6.07 Å². The summed E-state index contributed by atoms with van der Waals surface area (Å²) in [5.74, 6) is -0.550. The average Bonchev–Trinajstić information content (AvgIpc) is 2.74. The zero-order valence-electron chi connectivity index (χ0n) is 16.0. The molecule has 0 bridgehead atoms. The van der Waals surface area contributed by atoms with Crippen molar-refractivity contribution >= 4 is 21.7 Å². The number of carbonyl (C=O) groups is 1. The number of aliphatic hydroxyl groups is 1. The minimum Gasteiger partial charge on any atom is -0.465 e. The summed E-state index contributed by atoms with van der Waals surface area (Å²) in [6.07, 6.45) is 0. The first-order chi connectivity index (χ1) is 13.8. The van der Waals surface area contributed by atoms with E-state index in [0.717, 1.165) is 0 Å². The van der Waals surface area contributed by atoms with Crippen LogP contribution in [0.3, 0.4) is 0 Å². The predicted molar refractivity (Wildman–Crippen MR) is 110 cm³/mol. The molecule has 0 amide bonds. The molecule has 3 rings (SSSR count). The van der Waals surface area contributed by atoms with E-state index >= 15 is 0 Å². The SMILES string of the molecule is COC(=O)c1ccc(S(=O)(=O)Nc2ccccc2C(C)(O)c2ccccc2)cc1. The van der Waals surface area contributed by atoms with E-state index in [0.29, 0.717) is 11.1 Å². The molecule has 29 heavy (non-hydrogen) atoms. The molecular weight excluding hydrogens is 390 g/mol. The molecule has 2 N–H and O–H groups in total. The number of esters is 1. The summed E-state index contributed by atoms with van der Waals surface area (Å²) in [4.78, 5) is 11.5. The van der Waals surface area contributed by atoms with E-state index in [2.05, 4.69) is 9.46 Å². The van der Waals surface area contributed by atoms with Gasteiger partial charge in [-0.2, -0.15) is 0 Å². The maximum absolute atomic E-state index is 12.9. The van der Waals surface area contributed by atoms with E-state index < -0.39 is 21.6 Å². The lowest BCUT2D eigenvalue weighted by atomic mass is 9.87. The number of ether oxygens (including phenoxy) is 1. The average molecular weight is 411 g/mol. The third-order valence-electron chi connectivity index (χ3n) is 4.62. The Bertz CT molecular complexity index is 1110. The number of sulfonamides is 1. The fraction of sp³-hybridized carbons (Fsp3) is 0.136. The predicted octanol–water partition coefficient (Wildman–Crippen LogP) is 3.53. The van der Waals surface area contributed by atoms with Crippen molar-refractivity contribution < 1.29 is 23.1 Å². The van der Waals surface area contributed by atoms with Gasteiger partial charge in [0.2, 0.25) is 0 Å². The zero-order valence-corrected chi connectivity index (χ0v) is 16.8. The van der Waals surface area contributed by atoms with E-state index in [9.17, 15) is 18.3 Å². The van der Waals surface area contributed by atoms with Crippen LogP contribution in [0.25, 0.3) is 0 Å². The number of methoxy groups -OCH3 is 1. The van der Waals surface area contributed by atoms with E-state index in [1.165, 1.54) is 31.4 Å². The molecule has 150 valence electrons. The van der Waals surface area contributed by atoms with Crippen LogP contribution in [0.15, 0.2) is 83.8 Å². The summed E-state index contributed by atoms with van der Waals surface area (Å²) < 4.78 is 32.9. The number of para-hydroxylation sites is 1. The molecule has 0 aliphatic carbocycles. The summed E-state index contributed by atoms with van der Waals surface area (Å²) in [6, 6.07) is 21.1. The number of nitrogens with one attached hydrogen (secondary N) is 1. The van der Waals surface area contributed by atoms with Crippen LogP contribution in [-0.4, -0.2) is 26.6 Å². The molecule has 6 nitrogen and oxygen atoms in total. The normalized spacial score (nSPS) is 13.3. The van der Waals surface area contributed by atoms with Crippen molar-refractivity contribution in [3.05, 3.63) is 95.6 Å². The Hall–Kier alpha value is -3.16. The van der Waals surface area contributed by atoms with Crippen molar-refractivity contribution in [1.29, 1.82) is 0 Å². The largest absolute Gasteiger partial charge is 0.465 e. The highest BCUT2D eigenvalue weighted by Gasteiger charge is 2.29. The maximum Gasteiger partial charge on any atom is 0.337 e. The van der Waals surface area contributed by atoms with E-state index in [-0.39, 0.29) is 16.1 Å². The van der Waals surface area contributed by atoms with Gasteiger partial charge in [-0.05, 0) is 42.8 Å². The lowest BCUT2D eigenvalue weighted by Crippen LogP contribution is -2.25. The summed E-state index contributed by atoms with van der Waals surface area (Å²) >= 11 is 0. The van der Waals surface area contributed by atoms with Gasteiger partial charge in [0.25, 0.3) is 10.0 Å². The smallest absolute Gasteiger partial charge is 0.337 e. The number of benzene rings is 3. The van der Waals surface area contributed by atoms with Crippen molar-refractivity contribution in [3.63, 3.8) is 0 Å². The van der Waals surface area contributed by atoms with Gasteiger partial charge in [0, 0.05) is 5.56 Å². The fourth-order valence-corrected chi connectivity index (χ4v) is 4.09. The Balaban J connectivity index is 1.96. The maximum atomic E-state index is 12.9. The first kappa shape index (κ1) is 20.6. The number of rotatable bonds is 6. The summed E-state index contributed by atoms with van der Waals surface area (Å²) in [5.41, 5.74) is 0.155. The van der Waals surface area contributed by atoms with Gasteiger partial charge in [0.05, 0.1) is 23.3 Å². The summed E-state index contributed by atoms with van der Waals surface area (Å²) in [6.45, 7) is 1.61. The second-order valence-electron chi connectivity index (χ2n) is 6.61. The highest BCUT2D eigenvalue weighted by molar-refractivity contribution is 7.92. The van der Waals surface area contributed by atoms with Gasteiger partial charge in [-0.3, -0.25) is 4.72 Å². The van der Waals surface area contributed by atoms with E-state index in [1.54, 1.807) is 55.5 Å². The van der Waals surface area contributed by atoms with Crippen LogP contribution >= 0.6 is 0 Å². The molecule has 0 heterocycles. The van der Waals surface area contributed by atoms with Crippen LogP contribution in [0.4, 0.5) is 5.69 Å². The van der Waals surface area contributed by atoms with Gasteiger partial charge in [0.15, 0.2) is 0 Å². The molecule has 0 aromatic heterocycles. The Kier molecular flexibility index (Phi) is 5.72. The third-order valence-corrected chi connectivity index (χ3v) is 6.00. The lowest BCUT2D eigenvalue weighted by molar-refractivity contribution is 0.0600. The van der Waals surface area contributed by atoms with Crippen LogP contribution in [0.2, 0.25) is 0 Å². The van der Waals surface area contributed by atoms with Crippen molar-refractivity contribution in [1.82, 2.24) is 0 Å². The van der Waals surface area contributed by atoms with Crippen LogP contribution < -0.4 is 4.72 Å². The summed E-state index contributed by atoms with van der Waals surface area (Å²) in [5, 5.41) is 11.1. The van der Waals surface area contributed by atoms with Crippen molar-refractivity contribution in [2.24, 2.45) is 0 Å². The van der Waals surface area contributed by atoms with Gasteiger partial charge in [0.1, 0.15) is 5.60 Å².